The van der Waals surface area contributed by atoms with E-state index in [9.17, 15) is 4.79 Å². The first-order valence-electron chi connectivity index (χ1n) is 5.07. The Morgan fingerprint density at radius 2 is 2.33 bits per heavy atom. The van der Waals surface area contributed by atoms with Crippen LogP contribution >= 0.6 is 0 Å². The lowest BCUT2D eigenvalue weighted by molar-refractivity contribution is -0.108. The third-order valence-electron chi connectivity index (χ3n) is 2.77. The molecule has 0 aliphatic heterocycles. The van der Waals surface area contributed by atoms with Crippen LogP contribution in [0, 0.1) is 0 Å². The van der Waals surface area contributed by atoms with Crippen LogP contribution in [-0.2, 0) is 11.8 Å². The number of benzene rings is 1. The Kier molecular flexibility index (Phi) is 2.54. The summed E-state index contributed by atoms with van der Waals surface area (Å²) in [6, 6.07) is 6.10. The van der Waals surface area contributed by atoms with Crippen LogP contribution in [-0.4, -0.2) is 15.8 Å². The number of hydrogen-bond acceptors (Lipinski definition) is 2. The second kappa shape index (κ2) is 3.85. The van der Waals surface area contributed by atoms with Gasteiger partial charge in [-0.15, -0.1) is 0 Å². The molecule has 1 atom stereocenters. The minimum atomic E-state index is 0.237. The molecule has 0 fully saturated rings. The van der Waals surface area contributed by atoms with Crippen LogP contribution in [0.25, 0.3) is 11.0 Å². The van der Waals surface area contributed by atoms with Gasteiger partial charge in [0, 0.05) is 13.5 Å². The van der Waals surface area contributed by atoms with E-state index in [0.717, 1.165) is 22.9 Å². The predicted molar refractivity (Wildman–Crippen MR) is 59.8 cm³/mol. The number of hydrogen-bond donors (Lipinski definition) is 0. The Balaban J connectivity index is 2.55. The number of carbonyl (C=O) groups is 1. The van der Waals surface area contributed by atoms with Crippen molar-refractivity contribution in [2.24, 2.45) is 7.05 Å². The third kappa shape index (κ3) is 1.65. The second-order valence-electron chi connectivity index (χ2n) is 3.87. The summed E-state index contributed by atoms with van der Waals surface area (Å²) in [6.07, 6.45) is 3.32. The molecular formula is C12H14N2O. The molecule has 2 rings (SSSR count). The number of aromatic nitrogens is 2. The van der Waals surface area contributed by atoms with E-state index in [4.69, 9.17) is 0 Å². The molecular weight excluding hydrogens is 188 g/mol. The highest BCUT2D eigenvalue weighted by Gasteiger charge is 2.11. The highest BCUT2D eigenvalue weighted by atomic mass is 16.1. The molecule has 0 N–H and O–H groups in total. The van der Waals surface area contributed by atoms with Gasteiger partial charge in [-0.1, -0.05) is 19.1 Å². The first kappa shape index (κ1) is 9.90. The van der Waals surface area contributed by atoms with Gasteiger partial charge in [0.15, 0.2) is 0 Å². The second-order valence-corrected chi connectivity index (χ2v) is 3.87. The Hall–Kier alpha value is -1.64. The molecule has 3 heteroatoms. The van der Waals surface area contributed by atoms with Crippen molar-refractivity contribution in [2.45, 2.75) is 19.3 Å². The highest BCUT2D eigenvalue weighted by molar-refractivity contribution is 5.79. The molecule has 1 aromatic carbocycles. The van der Waals surface area contributed by atoms with Crippen LogP contribution in [0.3, 0.4) is 0 Å². The summed E-state index contributed by atoms with van der Waals surface area (Å²) in [5.41, 5.74) is 3.28. The van der Waals surface area contributed by atoms with Gasteiger partial charge in [0.05, 0.1) is 17.4 Å². The third-order valence-corrected chi connectivity index (χ3v) is 2.77. The fraction of sp³-hybridized carbons (Fsp3) is 0.333. The van der Waals surface area contributed by atoms with Crippen molar-refractivity contribution in [3.63, 3.8) is 0 Å². The summed E-state index contributed by atoms with van der Waals surface area (Å²) >= 11 is 0. The molecule has 0 saturated heterocycles. The summed E-state index contributed by atoms with van der Waals surface area (Å²) < 4.78 is 1.99. The Morgan fingerprint density at radius 3 is 3.07 bits per heavy atom. The summed E-state index contributed by atoms with van der Waals surface area (Å²) in [6.45, 7) is 2.05. The van der Waals surface area contributed by atoms with Crippen molar-refractivity contribution in [2.75, 3.05) is 0 Å². The fourth-order valence-corrected chi connectivity index (χ4v) is 1.85. The first-order valence-corrected chi connectivity index (χ1v) is 5.07. The standard InChI is InChI=1S/C12H14N2O/c1-9(6-7-15)10-4-3-5-11-12(10)13-8-14(11)2/h3-5,7-9H,6H2,1-2H3. The molecule has 78 valence electrons. The van der Waals surface area contributed by atoms with Gasteiger partial charge >= 0.3 is 0 Å². The van der Waals surface area contributed by atoms with E-state index >= 15 is 0 Å². The normalized spacial score (nSPS) is 12.9. The van der Waals surface area contributed by atoms with E-state index in [1.165, 1.54) is 0 Å². The predicted octanol–water partition coefficient (Wildman–Crippen LogP) is 2.27. The van der Waals surface area contributed by atoms with Gasteiger partial charge in [-0.05, 0) is 17.5 Å². The lowest BCUT2D eigenvalue weighted by atomic mass is 9.97. The minimum Gasteiger partial charge on any atom is -0.334 e. The number of nitrogens with zero attached hydrogens (tertiary/aromatic N) is 2. The van der Waals surface area contributed by atoms with E-state index in [1.54, 1.807) is 0 Å². The van der Waals surface area contributed by atoms with Crippen LogP contribution in [0.2, 0.25) is 0 Å². The topological polar surface area (TPSA) is 34.9 Å². The van der Waals surface area contributed by atoms with Crippen molar-refractivity contribution < 1.29 is 4.79 Å². The van der Waals surface area contributed by atoms with Gasteiger partial charge in [0.1, 0.15) is 6.29 Å². The molecule has 0 amide bonds. The molecule has 3 nitrogen and oxygen atoms in total. The van der Waals surface area contributed by atoms with Gasteiger partial charge in [-0.2, -0.15) is 0 Å². The smallest absolute Gasteiger partial charge is 0.120 e. The number of para-hydroxylation sites is 1. The van der Waals surface area contributed by atoms with Gasteiger partial charge < -0.3 is 9.36 Å². The summed E-state index contributed by atoms with van der Waals surface area (Å²) in [5, 5.41) is 0. The van der Waals surface area contributed by atoms with Crippen LogP contribution in [0.4, 0.5) is 0 Å². The van der Waals surface area contributed by atoms with Crippen molar-refractivity contribution in [3.8, 4) is 0 Å². The van der Waals surface area contributed by atoms with Crippen LogP contribution in [0.5, 0.6) is 0 Å². The minimum absolute atomic E-state index is 0.237. The number of fused-ring (bicyclic) bond motifs is 1. The molecule has 0 spiro atoms. The number of carbonyl (C=O) groups excluding carboxylic acids is 1. The van der Waals surface area contributed by atoms with Crippen LogP contribution < -0.4 is 0 Å². The summed E-state index contributed by atoms with van der Waals surface area (Å²) in [4.78, 5) is 14.9. The Bertz CT molecular complexity index is 487. The number of rotatable bonds is 3. The Morgan fingerprint density at radius 1 is 1.53 bits per heavy atom. The molecule has 1 heterocycles. The maximum absolute atomic E-state index is 10.5. The van der Waals surface area contributed by atoms with Crippen molar-refractivity contribution in [1.29, 1.82) is 0 Å². The lowest BCUT2D eigenvalue weighted by Gasteiger charge is -2.08. The number of aldehydes is 1. The molecule has 2 aromatic rings. The van der Waals surface area contributed by atoms with Gasteiger partial charge in [-0.25, -0.2) is 4.98 Å². The molecule has 1 aromatic heterocycles. The SMILES string of the molecule is CC(CC=O)c1cccc2c1ncn2C. The van der Waals surface area contributed by atoms with Crippen molar-refractivity contribution in [1.82, 2.24) is 9.55 Å². The van der Waals surface area contributed by atoms with Crippen LogP contribution in [0.1, 0.15) is 24.8 Å². The zero-order valence-electron chi connectivity index (χ0n) is 8.97. The zero-order chi connectivity index (χ0) is 10.8. The van der Waals surface area contributed by atoms with Gasteiger partial charge in [0.25, 0.3) is 0 Å². The molecule has 0 aliphatic carbocycles. The molecule has 15 heavy (non-hydrogen) atoms. The Labute approximate surface area is 88.7 Å². The van der Waals surface area contributed by atoms with Crippen molar-refractivity contribution in [3.05, 3.63) is 30.1 Å². The zero-order valence-corrected chi connectivity index (χ0v) is 8.97. The maximum atomic E-state index is 10.5. The van der Waals surface area contributed by atoms with Gasteiger partial charge in [0.2, 0.25) is 0 Å². The first-order chi connectivity index (χ1) is 7.24. The maximum Gasteiger partial charge on any atom is 0.120 e. The van der Waals surface area contributed by atoms with E-state index < -0.39 is 0 Å². The monoisotopic (exact) mass is 202 g/mol. The number of aryl methyl sites for hydroxylation is 1. The van der Waals surface area contributed by atoms with Crippen LogP contribution in [0.15, 0.2) is 24.5 Å². The van der Waals surface area contributed by atoms with E-state index in [-0.39, 0.29) is 5.92 Å². The quantitative estimate of drug-likeness (QED) is 0.715. The molecule has 0 saturated carbocycles. The van der Waals surface area contributed by atoms with E-state index in [2.05, 4.69) is 11.9 Å². The molecule has 0 bridgehead atoms. The molecule has 1 unspecified atom stereocenters. The fourth-order valence-electron chi connectivity index (χ4n) is 1.85. The lowest BCUT2D eigenvalue weighted by Crippen LogP contribution is -1.95. The van der Waals surface area contributed by atoms with E-state index in [1.807, 2.05) is 36.1 Å². The van der Waals surface area contributed by atoms with Gasteiger partial charge in [-0.3, -0.25) is 0 Å². The van der Waals surface area contributed by atoms with Crippen molar-refractivity contribution >= 4 is 17.3 Å². The summed E-state index contributed by atoms with van der Waals surface area (Å²) in [5.74, 6) is 0.237. The summed E-state index contributed by atoms with van der Waals surface area (Å²) in [7, 11) is 1.98. The van der Waals surface area contributed by atoms with E-state index in [0.29, 0.717) is 6.42 Å². The highest BCUT2D eigenvalue weighted by Crippen LogP contribution is 2.25. The molecule has 0 radical (unpaired) electrons. The largest absolute Gasteiger partial charge is 0.334 e. The molecule has 0 aliphatic rings. The average molecular weight is 202 g/mol. The average Bonchev–Trinajstić information content (AvgIpc) is 2.61. The number of imidazole rings is 1.